The lowest BCUT2D eigenvalue weighted by Crippen LogP contribution is -2.11. The summed E-state index contributed by atoms with van der Waals surface area (Å²) in [7, 11) is 1.62. The summed E-state index contributed by atoms with van der Waals surface area (Å²) >= 11 is 0. The molecule has 0 spiro atoms. The van der Waals surface area contributed by atoms with E-state index in [1.165, 1.54) is 17.2 Å². The number of nitrogens with one attached hydrogen (secondary N) is 1. The molecule has 0 fully saturated rings. The van der Waals surface area contributed by atoms with Crippen molar-refractivity contribution in [3.63, 3.8) is 0 Å². The van der Waals surface area contributed by atoms with E-state index in [1.807, 2.05) is 0 Å². The van der Waals surface area contributed by atoms with Crippen molar-refractivity contribution in [1.82, 2.24) is 0 Å². The summed E-state index contributed by atoms with van der Waals surface area (Å²) < 4.78 is 13.3. The largest absolute Gasteiger partial charge is 0.390 e. The quantitative estimate of drug-likeness (QED) is 0.746. The van der Waals surface area contributed by atoms with Crippen molar-refractivity contribution < 1.29 is 9.50 Å². The van der Waals surface area contributed by atoms with Gasteiger partial charge in [-0.15, -0.1) is 0 Å². The van der Waals surface area contributed by atoms with Crippen LogP contribution in [0.4, 0.5) is 10.1 Å². The van der Waals surface area contributed by atoms with Crippen molar-refractivity contribution in [3.8, 4) is 0 Å². The minimum atomic E-state index is -0.362. The van der Waals surface area contributed by atoms with Gasteiger partial charge in [-0.1, -0.05) is 12.1 Å². The second kappa shape index (κ2) is 5.21. The minimum absolute atomic E-state index is 0.167. The van der Waals surface area contributed by atoms with Crippen molar-refractivity contribution in [2.24, 2.45) is 5.11 Å². The first-order valence-corrected chi connectivity index (χ1v) is 4.35. The van der Waals surface area contributed by atoms with Crippen LogP contribution in [0.5, 0.6) is 0 Å². The number of aliphatic hydroxyl groups is 1. The van der Waals surface area contributed by atoms with Gasteiger partial charge in [-0.05, 0) is 12.1 Å². The van der Waals surface area contributed by atoms with Crippen molar-refractivity contribution >= 4 is 5.69 Å². The summed E-state index contributed by atoms with van der Waals surface area (Å²) in [6.07, 6.45) is 1.41. The molecule has 5 heteroatoms. The Morgan fingerprint density at radius 2 is 2.27 bits per heavy atom. The third-order valence-electron chi connectivity index (χ3n) is 1.88. The van der Waals surface area contributed by atoms with Gasteiger partial charge in [-0.3, -0.25) is 0 Å². The molecule has 1 aromatic carbocycles. The number of hydrogen-bond acceptors (Lipinski definition) is 4. The van der Waals surface area contributed by atoms with E-state index < -0.39 is 0 Å². The fourth-order valence-corrected chi connectivity index (χ4v) is 1.14. The molecule has 0 saturated carbocycles. The molecule has 0 saturated heterocycles. The number of benzene rings is 1. The Morgan fingerprint density at radius 1 is 1.60 bits per heavy atom. The molecular weight excluding hydrogens is 197 g/mol. The molecule has 0 atom stereocenters. The van der Waals surface area contributed by atoms with Gasteiger partial charge in [0.1, 0.15) is 11.5 Å². The normalized spacial score (nSPS) is 11.3. The van der Waals surface area contributed by atoms with Crippen LogP contribution in [-0.2, 0) is 0 Å². The predicted octanol–water partition coefficient (Wildman–Crippen LogP) is 2.13. The lowest BCUT2D eigenvalue weighted by molar-refractivity contribution is 0.327. The fraction of sp³-hybridized carbons (Fsp3) is 0.200. The maximum Gasteiger partial charge on any atom is 0.146 e. The lowest BCUT2D eigenvalue weighted by Gasteiger charge is -2.15. The summed E-state index contributed by atoms with van der Waals surface area (Å²) in [4.78, 5) is 1.47. The second-order valence-corrected chi connectivity index (χ2v) is 2.95. The number of aliphatic hydroxyl groups excluding tert-OH is 1. The third-order valence-corrected chi connectivity index (χ3v) is 1.88. The van der Waals surface area contributed by atoms with Crippen LogP contribution in [0.3, 0.4) is 0 Å². The average Bonchev–Trinajstić information content (AvgIpc) is 2.26. The summed E-state index contributed by atoms with van der Waals surface area (Å²) in [5.74, 6) is -0.362. The molecular formula is C10H12FN3O. The van der Waals surface area contributed by atoms with Crippen LogP contribution in [-0.4, -0.2) is 18.8 Å². The zero-order valence-electron chi connectivity index (χ0n) is 8.31. The molecule has 4 nitrogen and oxygen atoms in total. The van der Waals surface area contributed by atoms with E-state index in [9.17, 15) is 4.39 Å². The second-order valence-electron chi connectivity index (χ2n) is 2.95. The smallest absolute Gasteiger partial charge is 0.146 e. The van der Waals surface area contributed by atoms with Crippen molar-refractivity contribution in [2.75, 3.05) is 18.6 Å². The molecule has 0 heterocycles. The number of rotatable bonds is 4. The monoisotopic (exact) mass is 209 g/mol. The molecule has 0 aliphatic carbocycles. The molecule has 0 aliphatic heterocycles. The van der Waals surface area contributed by atoms with Gasteiger partial charge in [-0.25, -0.2) is 9.92 Å². The maximum absolute atomic E-state index is 13.3. The molecule has 2 N–H and O–H groups in total. The van der Waals surface area contributed by atoms with Crippen LogP contribution in [0.1, 0.15) is 0 Å². The molecule has 1 rings (SSSR count). The van der Waals surface area contributed by atoms with Crippen LogP contribution >= 0.6 is 0 Å². The zero-order valence-corrected chi connectivity index (χ0v) is 8.31. The van der Waals surface area contributed by atoms with Gasteiger partial charge >= 0.3 is 0 Å². The van der Waals surface area contributed by atoms with Gasteiger partial charge in [0.2, 0.25) is 0 Å². The number of para-hydroxylation sites is 1. The summed E-state index contributed by atoms with van der Waals surface area (Å²) in [5.41, 5.74) is 7.28. The van der Waals surface area contributed by atoms with Crippen molar-refractivity contribution in [3.05, 3.63) is 42.0 Å². The van der Waals surface area contributed by atoms with Gasteiger partial charge < -0.3 is 10.0 Å². The van der Waals surface area contributed by atoms with Crippen molar-refractivity contribution in [2.45, 2.75) is 0 Å². The van der Waals surface area contributed by atoms with Crippen molar-refractivity contribution in [1.29, 1.82) is 5.53 Å². The molecule has 1 aromatic rings. The Morgan fingerprint density at radius 3 is 2.80 bits per heavy atom. The fourth-order valence-electron chi connectivity index (χ4n) is 1.14. The van der Waals surface area contributed by atoms with E-state index >= 15 is 0 Å². The highest BCUT2D eigenvalue weighted by Gasteiger charge is 2.04. The molecule has 0 aliphatic rings. The summed E-state index contributed by atoms with van der Waals surface area (Å²) in [6.45, 7) is -0.345. The number of anilines is 1. The van der Waals surface area contributed by atoms with Gasteiger partial charge in [0.15, 0.2) is 0 Å². The minimum Gasteiger partial charge on any atom is -0.390 e. The SMILES string of the molecule is CN(/C=C(/CO)N=N)c1ccccc1F. The Hall–Kier alpha value is -1.75. The maximum atomic E-state index is 13.3. The van der Waals surface area contributed by atoms with Crippen LogP contribution < -0.4 is 4.90 Å². The zero-order chi connectivity index (χ0) is 11.3. The van der Waals surface area contributed by atoms with E-state index in [2.05, 4.69) is 5.11 Å². The Balaban J connectivity index is 2.94. The first-order chi connectivity index (χ1) is 7.19. The molecule has 80 valence electrons. The van der Waals surface area contributed by atoms with E-state index in [-0.39, 0.29) is 18.1 Å². The van der Waals surface area contributed by atoms with Crippen LogP contribution in [0.25, 0.3) is 0 Å². The molecule has 0 aromatic heterocycles. The molecule has 0 amide bonds. The lowest BCUT2D eigenvalue weighted by atomic mass is 10.3. The number of nitrogens with zero attached hydrogens (tertiary/aromatic N) is 2. The van der Waals surface area contributed by atoms with E-state index in [0.717, 1.165) is 0 Å². The van der Waals surface area contributed by atoms with E-state index in [1.54, 1.807) is 25.2 Å². The third kappa shape index (κ3) is 2.85. The number of hydrogen-bond donors (Lipinski definition) is 2. The van der Waals surface area contributed by atoms with Crippen LogP contribution in [0.2, 0.25) is 0 Å². The standard InChI is InChI=1S/C10H12FN3O/c1-14(6-8(7-15)13-12)10-5-3-2-4-9(10)11/h2-6,12,15H,7H2,1H3/b8-6-,13-12?. The Kier molecular flexibility index (Phi) is 3.93. The first kappa shape index (κ1) is 11.3. The highest BCUT2D eigenvalue weighted by Crippen LogP contribution is 2.17. The summed E-state index contributed by atoms with van der Waals surface area (Å²) in [5, 5.41) is 11.9. The molecule has 15 heavy (non-hydrogen) atoms. The molecule has 0 bridgehead atoms. The Bertz CT molecular complexity index is 379. The topological polar surface area (TPSA) is 59.7 Å². The number of halogens is 1. The highest BCUT2D eigenvalue weighted by molar-refractivity contribution is 5.49. The highest BCUT2D eigenvalue weighted by atomic mass is 19.1. The first-order valence-electron chi connectivity index (χ1n) is 4.35. The molecule has 0 radical (unpaired) electrons. The molecule has 0 unspecified atom stereocenters. The van der Waals surface area contributed by atoms with E-state index in [4.69, 9.17) is 10.6 Å². The summed E-state index contributed by atoms with van der Waals surface area (Å²) in [6, 6.07) is 6.25. The van der Waals surface area contributed by atoms with Gasteiger partial charge in [0.25, 0.3) is 0 Å². The van der Waals surface area contributed by atoms with Gasteiger partial charge in [-0.2, -0.15) is 5.11 Å². The van der Waals surface area contributed by atoms with Gasteiger partial charge in [0, 0.05) is 13.2 Å². The van der Waals surface area contributed by atoms with Crippen LogP contribution in [0, 0.1) is 11.3 Å². The van der Waals surface area contributed by atoms with E-state index in [0.29, 0.717) is 5.69 Å². The van der Waals surface area contributed by atoms with Crippen LogP contribution in [0.15, 0.2) is 41.3 Å². The Labute approximate surface area is 87.2 Å². The van der Waals surface area contributed by atoms with Gasteiger partial charge in [0.05, 0.1) is 12.3 Å². The predicted molar refractivity (Wildman–Crippen MR) is 55.1 cm³/mol. The average molecular weight is 209 g/mol.